The van der Waals surface area contributed by atoms with Crippen molar-refractivity contribution in [2.75, 3.05) is 0 Å². The number of nitrogens with two attached hydrogens (primary N) is 1. The normalized spacial score (nSPS) is 11.1. The Morgan fingerprint density at radius 2 is 1.91 bits per heavy atom. The molecule has 0 unspecified atom stereocenters. The van der Waals surface area contributed by atoms with Gasteiger partial charge in [0.2, 0.25) is 0 Å². The molecule has 1 aromatic carbocycles. The van der Waals surface area contributed by atoms with Gasteiger partial charge in [-0.05, 0) is 5.56 Å². The summed E-state index contributed by atoms with van der Waals surface area (Å²) in [4.78, 5) is 10.4. The van der Waals surface area contributed by atoms with E-state index in [-0.39, 0.29) is 0 Å². The lowest BCUT2D eigenvalue weighted by Crippen LogP contribution is -1.89. The number of allylic oxidation sites excluding steroid dienone is 1. The predicted octanol–water partition coefficient (Wildman–Crippen LogP) is 1.19. The van der Waals surface area contributed by atoms with Crippen molar-refractivity contribution in [3.8, 4) is 0 Å². The lowest BCUT2D eigenvalue weighted by Gasteiger charge is -1.95. The summed E-state index contributed by atoms with van der Waals surface area (Å²) in [6.07, 6.45) is 2.05. The molecule has 1 aromatic rings. The van der Waals surface area contributed by atoms with Gasteiger partial charge < -0.3 is 5.73 Å². The zero-order valence-corrected chi connectivity index (χ0v) is 6.03. The van der Waals surface area contributed by atoms with Crippen LogP contribution in [0.15, 0.2) is 36.5 Å². The van der Waals surface area contributed by atoms with Crippen molar-refractivity contribution in [1.29, 1.82) is 0 Å². The van der Waals surface area contributed by atoms with Crippen molar-refractivity contribution < 1.29 is 4.79 Å². The minimum atomic E-state index is 0.519. The quantitative estimate of drug-likeness (QED) is 0.504. The molecule has 0 aliphatic rings. The first kappa shape index (κ1) is 7.54. The highest BCUT2D eigenvalue weighted by atomic mass is 16.1. The number of aldehydes is 1. The third-order valence-corrected chi connectivity index (χ3v) is 1.41. The van der Waals surface area contributed by atoms with E-state index < -0.39 is 0 Å². The molecule has 0 spiro atoms. The molecule has 0 fully saturated rings. The highest BCUT2D eigenvalue weighted by Crippen LogP contribution is 2.08. The monoisotopic (exact) mass is 147 g/mol. The lowest BCUT2D eigenvalue weighted by atomic mass is 10.1. The van der Waals surface area contributed by atoms with Crippen molar-refractivity contribution in [2.45, 2.75) is 0 Å². The minimum Gasteiger partial charge on any atom is -0.404 e. The Bertz CT molecular complexity index is 264. The van der Waals surface area contributed by atoms with E-state index in [1.54, 1.807) is 0 Å². The second kappa shape index (κ2) is 3.56. The second-order valence-electron chi connectivity index (χ2n) is 2.11. The maximum Gasteiger partial charge on any atom is 0.152 e. The molecule has 2 heteroatoms. The molecule has 0 aliphatic heterocycles. The number of hydrogen-bond donors (Lipinski definition) is 1. The molecule has 2 nitrogen and oxygen atoms in total. The SMILES string of the molecule is NC=C(C=O)c1ccccc1. The van der Waals surface area contributed by atoms with Crippen LogP contribution in [0.5, 0.6) is 0 Å². The molecule has 0 radical (unpaired) electrons. The Labute approximate surface area is 65.3 Å². The smallest absolute Gasteiger partial charge is 0.152 e. The van der Waals surface area contributed by atoms with Crippen LogP contribution in [-0.2, 0) is 4.79 Å². The Balaban J connectivity index is 3.01. The van der Waals surface area contributed by atoms with Gasteiger partial charge in [0.15, 0.2) is 6.29 Å². The van der Waals surface area contributed by atoms with Gasteiger partial charge >= 0.3 is 0 Å². The Kier molecular flexibility index (Phi) is 2.44. The van der Waals surface area contributed by atoms with Crippen molar-refractivity contribution in [3.63, 3.8) is 0 Å². The average molecular weight is 147 g/mol. The van der Waals surface area contributed by atoms with Crippen molar-refractivity contribution in [1.82, 2.24) is 0 Å². The van der Waals surface area contributed by atoms with Crippen molar-refractivity contribution in [3.05, 3.63) is 42.1 Å². The third kappa shape index (κ3) is 1.67. The Hall–Kier alpha value is -1.57. The van der Waals surface area contributed by atoms with Gasteiger partial charge in [0.05, 0.1) is 0 Å². The standard InChI is InChI=1S/C9H9NO/c10-6-9(7-11)8-4-2-1-3-5-8/h1-7H,10H2. The summed E-state index contributed by atoms with van der Waals surface area (Å²) in [5.41, 5.74) is 6.59. The molecule has 0 aromatic heterocycles. The highest BCUT2D eigenvalue weighted by Gasteiger charge is 1.95. The van der Waals surface area contributed by atoms with Gasteiger partial charge in [0.25, 0.3) is 0 Å². The summed E-state index contributed by atoms with van der Waals surface area (Å²) in [5, 5.41) is 0. The molecule has 2 N–H and O–H groups in total. The van der Waals surface area contributed by atoms with E-state index in [2.05, 4.69) is 0 Å². The predicted molar refractivity (Wildman–Crippen MR) is 44.7 cm³/mol. The third-order valence-electron chi connectivity index (χ3n) is 1.41. The van der Waals surface area contributed by atoms with Crippen LogP contribution < -0.4 is 5.73 Å². The molecular formula is C9H9NO. The molecule has 0 saturated heterocycles. The maximum absolute atomic E-state index is 10.4. The van der Waals surface area contributed by atoms with E-state index in [0.29, 0.717) is 5.57 Å². The molecule has 56 valence electrons. The van der Waals surface area contributed by atoms with Crippen LogP contribution in [0.1, 0.15) is 5.56 Å². The fraction of sp³-hybridized carbons (Fsp3) is 0. The fourth-order valence-electron chi connectivity index (χ4n) is 0.834. The first-order chi connectivity index (χ1) is 5.38. The molecule has 0 amide bonds. The van der Waals surface area contributed by atoms with Crippen LogP contribution in [0.4, 0.5) is 0 Å². The summed E-state index contributed by atoms with van der Waals surface area (Å²) < 4.78 is 0. The van der Waals surface area contributed by atoms with Crippen LogP contribution in [0.3, 0.4) is 0 Å². The van der Waals surface area contributed by atoms with E-state index >= 15 is 0 Å². The largest absolute Gasteiger partial charge is 0.404 e. The molecule has 0 heterocycles. The first-order valence-electron chi connectivity index (χ1n) is 3.31. The van der Waals surface area contributed by atoms with Crippen LogP contribution >= 0.6 is 0 Å². The molecular weight excluding hydrogens is 138 g/mol. The van der Waals surface area contributed by atoms with Crippen LogP contribution in [0.25, 0.3) is 5.57 Å². The van der Waals surface area contributed by atoms with E-state index in [9.17, 15) is 4.79 Å². The molecule has 0 saturated carbocycles. The maximum atomic E-state index is 10.4. The van der Waals surface area contributed by atoms with Crippen LogP contribution in [-0.4, -0.2) is 6.29 Å². The zero-order chi connectivity index (χ0) is 8.10. The Morgan fingerprint density at radius 1 is 1.27 bits per heavy atom. The van der Waals surface area contributed by atoms with Crippen molar-refractivity contribution >= 4 is 11.9 Å². The Morgan fingerprint density at radius 3 is 2.36 bits per heavy atom. The van der Waals surface area contributed by atoms with Gasteiger partial charge in [-0.3, -0.25) is 4.79 Å². The van der Waals surface area contributed by atoms with E-state index in [4.69, 9.17) is 5.73 Å². The van der Waals surface area contributed by atoms with Crippen LogP contribution in [0.2, 0.25) is 0 Å². The zero-order valence-electron chi connectivity index (χ0n) is 6.03. The van der Waals surface area contributed by atoms with Gasteiger partial charge in [-0.1, -0.05) is 30.3 Å². The molecule has 1 rings (SSSR count). The topological polar surface area (TPSA) is 43.1 Å². The minimum absolute atomic E-state index is 0.519. The molecule has 0 atom stereocenters. The number of benzene rings is 1. The second-order valence-corrected chi connectivity index (χ2v) is 2.11. The van der Waals surface area contributed by atoms with Gasteiger partial charge in [0.1, 0.15) is 0 Å². The number of carbonyl (C=O) groups is 1. The summed E-state index contributed by atoms with van der Waals surface area (Å²) in [7, 11) is 0. The van der Waals surface area contributed by atoms with E-state index in [0.717, 1.165) is 11.8 Å². The lowest BCUT2D eigenvalue weighted by molar-refractivity contribution is -0.103. The van der Waals surface area contributed by atoms with Gasteiger partial charge in [-0.15, -0.1) is 0 Å². The number of hydrogen-bond acceptors (Lipinski definition) is 2. The van der Waals surface area contributed by atoms with Crippen LogP contribution in [0, 0.1) is 0 Å². The summed E-state index contributed by atoms with van der Waals surface area (Å²) in [5.74, 6) is 0. The fourth-order valence-corrected chi connectivity index (χ4v) is 0.834. The van der Waals surface area contributed by atoms with Gasteiger partial charge in [-0.2, -0.15) is 0 Å². The molecule has 0 aliphatic carbocycles. The summed E-state index contributed by atoms with van der Waals surface area (Å²) in [6, 6.07) is 9.30. The summed E-state index contributed by atoms with van der Waals surface area (Å²) >= 11 is 0. The van der Waals surface area contributed by atoms with Crippen molar-refractivity contribution in [2.24, 2.45) is 5.73 Å². The highest BCUT2D eigenvalue weighted by molar-refractivity contribution is 6.06. The van der Waals surface area contributed by atoms with Gasteiger partial charge in [0, 0.05) is 11.8 Å². The van der Waals surface area contributed by atoms with Gasteiger partial charge in [-0.25, -0.2) is 0 Å². The molecule has 11 heavy (non-hydrogen) atoms. The number of rotatable bonds is 2. The average Bonchev–Trinajstić information content (AvgIpc) is 2.09. The van der Waals surface area contributed by atoms with E-state index in [1.807, 2.05) is 30.3 Å². The number of carbonyl (C=O) groups excluding carboxylic acids is 1. The first-order valence-corrected chi connectivity index (χ1v) is 3.31. The molecule has 0 bridgehead atoms. The summed E-state index contributed by atoms with van der Waals surface area (Å²) in [6.45, 7) is 0. The van der Waals surface area contributed by atoms with E-state index in [1.165, 1.54) is 6.20 Å².